The van der Waals surface area contributed by atoms with Gasteiger partial charge in [0, 0.05) is 0 Å². The fourth-order valence-electron chi connectivity index (χ4n) is 0.587. The molecule has 0 aromatic carbocycles. The Labute approximate surface area is 74.1 Å². The van der Waals surface area contributed by atoms with E-state index < -0.39 is 24.6 Å². The van der Waals surface area contributed by atoms with Crippen LogP contribution < -0.4 is 0 Å². The van der Waals surface area contributed by atoms with Crippen LogP contribution in [-0.2, 0) is 4.74 Å². The fraction of sp³-hybridized carbons (Fsp3) is 0.667. The van der Waals surface area contributed by atoms with Crippen molar-refractivity contribution in [1.29, 1.82) is 0 Å². The molecule has 0 aromatic rings. The summed E-state index contributed by atoms with van der Waals surface area (Å²) in [7, 11) is 0. The molecule has 0 radical (unpaired) electrons. The molecule has 0 saturated carbocycles. The third kappa shape index (κ3) is 3.43. The lowest BCUT2D eigenvalue weighted by Crippen LogP contribution is -2.46. The van der Waals surface area contributed by atoms with Crippen LogP contribution >= 0.6 is 0 Å². The molecule has 1 nitrogen and oxygen atoms in total. The number of ether oxygens (including phenoxy) is 1. The first-order chi connectivity index (χ1) is 6.10. The zero-order chi connectivity index (χ0) is 11.6. The molecule has 84 valence electrons. The van der Waals surface area contributed by atoms with E-state index in [0.29, 0.717) is 0 Å². The Morgan fingerprint density at radius 3 is 1.64 bits per heavy atom. The molecule has 0 aromatic heterocycles. The monoisotopic (exact) mass is 226 g/mol. The first kappa shape index (κ1) is 13.0. The second-order valence-electron chi connectivity index (χ2n) is 2.21. The Bertz CT molecular complexity index is 193. The molecule has 0 fully saturated rings. The van der Waals surface area contributed by atoms with Crippen molar-refractivity contribution in [3.8, 4) is 0 Å². The number of rotatable bonds is 3. The van der Waals surface area contributed by atoms with Crippen molar-refractivity contribution in [1.82, 2.24) is 0 Å². The van der Waals surface area contributed by atoms with Gasteiger partial charge in [0.25, 0.3) is 0 Å². The highest BCUT2D eigenvalue weighted by atomic mass is 19.4. The standard InChI is InChI=1S/C6H5F7O/c1-2-14-4(6(11,12)13)3(7)5(8,9)10/h2-4H,1H2. The zero-order valence-corrected chi connectivity index (χ0v) is 6.49. The van der Waals surface area contributed by atoms with Crippen LogP contribution in [0.1, 0.15) is 0 Å². The molecule has 0 spiro atoms. The summed E-state index contributed by atoms with van der Waals surface area (Å²) in [5.74, 6) is 0. The zero-order valence-electron chi connectivity index (χ0n) is 6.49. The normalized spacial score (nSPS) is 17.4. The molecule has 0 heterocycles. The second kappa shape index (κ2) is 4.05. The van der Waals surface area contributed by atoms with Gasteiger partial charge in [0.15, 0.2) is 0 Å². The molecule has 8 heteroatoms. The third-order valence-corrected chi connectivity index (χ3v) is 1.14. The van der Waals surface area contributed by atoms with Crippen LogP contribution in [0.2, 0.25) is 0 Å². The Morgan fingerprint density at radius 1 is 1.00 bits per heavy atom. The summed E-state index contributed by atoms with van der Waals surface area (Å²) in [5.41, 5.74) is 0. The van der Waals surface area contributed by atoms with Crippen LogP contribution in [0.3, 0.4) is 0 Å². The predicted molar refractivity (Wildman–Crippen MR) is 32.1 cm³/mol. The molecular formula is C6H5F7O. The summed E-state index contributed by atoms with van der Waals surface area (Å²) < 4.78 is 85.7. The Kier molecular flexibility index (Phi) is 3.78. The fourth-order valence-corrected chi connectivity index (χ4v) is 0.587. The van der Waals surface area contributed by atoms with E-state index in [1.165, 1.54) is 0 Å². The van der Waals surface area contributed by atoms with Crippen molar-refractivity contribution < 1.29 is 35.5 Å². The SMILES string of the molecule is C=COC(C(F)C(F)(F)F)C(F)(F)F. The van der Waals surface area contributed by atoms with Crippen LogP contribution in [0.5, 0.6) is 0 Å². The van der Waals surface area contributed by atoms with E-state index in [-0.39, 0.29) is 6.26 Å². The summed E-state index contributed by atoms with van der Waals surface area (Å²) in [6.45, 7) is 2.62. The van der Waals surface area contributed by atoms with Crippen molar-refractivity contribution >= 4 is 0 Å². The van der Waals surface area contributed by atoms with E-state index in [4.69, 9.17) is 0 Å². The lowest BCUT2D eigenvalue weighted by Gasteiger charge is -2.24. The van der Waals surface area contributed by atoms with E-state index in [9.17, 15) is 30.7 Å². The molecule has 0 rings (SSSR count). The van der Waals surface area contributed by atoms with Gasteiger partial charge in [0.1, 0.15) is 0 Å². The third-order valence-electron chi connectivity index (χ3n) is 1.14. The molecule has 0 aliphatic rings. The minimum atomic E-state index is -5.62. The predicted octanol–water partition coefficient (Wildman–Crippen LogP) is 2.98. The van der Waals surface area contributed by atoms with Gasteiger partial charge in [0.05, 0.1) is 6.26 Å². The maximum absolute atomic E-state index is 12.2. The van der Waals surface area contributed by atoms with Gasteiger partial charge in [-0.15, -0.1) is 0 Å². The van der Waals surface area contributed by atoms with E-state index in [0.717, 1.165) is 0 Å². The van der Waals surface area contributed by atoms with E-state index in [2.05, 4.69) is 11.3 Å². The summed E-state index contributed by atoms with van der Waals surface area (Å²) >= 11 is 0. The van der Waals surface area contributed by atoms with Gasteiger partial charge >= 0.3 is 12.4 Å². The minimum Gasteiger partial charge on any atom is -0.486 e. The van der Waals surface area contributed by atoms with E-state index in [1.54, 1.807) is 0 Å². The van der Waals surface area contributed by atoms with Gasteiger partial charge < -0.3 is 4.74 Å². The molecule has 0 bridgehead atoms. The molecule has 2 unspecified atom stereocenters. The lowest BCUT2D eigenvalue weighted by molar-refractivity contribution is -0.277. The van der Waals surface area contributed by atoms with Crippen molar-refractivity contribution in [2.75, 3.05) is 0 Å². The van der Waals surface area contributed by atoms with Gasteiger partial charge in [-0.25, -0.2) is 4.39 Å². The lowest BCUT2D eigenvalue weighted by atomic mass is 10.2. The molecule has 0 aliphatic carbocycles. The molecule has 14 heavy (non-hydrogen) atoms. The number of hydrogen-bond acceptors (Lipinski definition) is 1. The Balaban J connectivity index is 4.75. The van der Waals surface area contributed by atoms with E-state index >= 15 is 0 Å². The second-order valence-corrected chi connectivity index (χ2v) is 2.21. The van der Waals surface area contributed by atoms with Gasteiger partial charge in [0.2, 0.25) is 12.3 Å². The van der Waals surface area contributed by atoms with Gasteiger partial charge in [-0.1, -0.05) is 6.58 Å². The Hall–Kier alpha value is -0.950. The van der Waals surface area contributed by atoms with Gasteiger partial charge in [-0.3, -0.25) is 0 Å². The summed E-state index contributed by atoms with van der Waals surface area (Å²) in [4.78, 5) is 0. The van der Waals surface area contributed by atoms with Crippen molar-refractivity contribution in [3.05, 3.63) is 12.8 Å². The van der Waals surface area contributed by atoms with Crippen LogP contribution in [0.4, 0.5) is 30.7 Å². The maximum Gasteiger partial charge on any atom is 0.428 e. The smallest absolute Gasteiger partial charge is 0.428 e. The number of halogens is 7. The molecule has 0 aliphatic heterocycles. The number of alkyl halides is 7. The van der Waals surface area contributed by atoms with Crippen molar-refractivity contribution in [2.45, 2.75) is 24.6 Å². The molecular weight excluding hydrogens is 221 g/mol. The molecule has 0 saturated heterocycles. The molecule has 0 N–H and O–H groups in total. The van der Waals surface area contributed by atoms with Gasteiger partial charge in [-0.2, -0.15) is 26.3 Å². The van der Waals surface area contributed by atoms with Crippen LogP contribution in [-0.4, -0.2) is 24.6 Å². The molecule has 0 amide bonds. The highest BCUT2D eigenvalue weighted by molar-refractivity contribution is 4.83. The van der Waals surface area contributed by atoms with Crippen molar-refractivity contribution in [2.24, 2.45) is 0 Å². The van der Waals surface area contributed by atoms with Crippen LogP contribution in [0, 0.1) is 0 Å². The average Bonchev–Trinajstić information content (AvgIpc) is 1.94. The highest BCUT2D eigenvalue weighted by Gasteiger charge is 2.57. The van der Waals surface area contributed by atoms with Crippen LogP contribution in [0.15, 0.2) is 12.8 Å². The van der Waals surface area contributed by atoms with Gasteiger partial charge in [-0.05, 0) is 0 Å². The largest absolute Gasteiger partial charge is 0.486 e. The summed E-state index contributed by atoms with van der Waals surface area (Å²) in [5, 5.41) is 0. The summed E-state index contributed by atoms with van der Waals surface area (Å²) in [6, 6.07) is 0. The topological polar surface area (TPSA) is 9.23 Å². The van der Waals surface area contributed by atoms with Crippen LogP contribution in [0.25, 0.3) is 0 Å². The number of hydrogen-bond donors (Lipinski definition) is 0. The average molecular weight is 226 g/mol. The first-order valence-corrected chi connectivity index (χ1v) is 3.14. The Morgan fingerprint density at radius 2 is 1.43 bits per heavy atom. The molecule has 2 atom stereocenters. The van der Waals surface area contributed by atoms with E-state index in [1.807, 2.05) is 0 Å². The first-order valence-electron chi connectivity index (χ1n) is 3.14. The van der Waals surface area contributed by atoms with Crippen molar-refractivity contribution in [3.63, 3.8) is 0 Å². The maximum atomic E-state index is 12.2. The minimum absolute atomic E-state index is 0.108. The quantitative estimate of drug-likeness (QED) is 0.531. The summed E-state index contributed by atoms with van der Waals surface area (Å²) in [6.07, 6.45) is -18.6. The highest BCUT2D eigenvalue weighted by Crippen LogP contribution is 2.35.